The molecule has 0 aliphatic rings. The van der Waals surface area contributed by atoms with Crippen molar-refractivity contribution in [2.45, 2.75) is 45.0 Å². The number of fused-ring (bicyclic) bond motifs is 1. The van der Waals surface area contributed by atoms with Crippen molar-refractivity contribution >= 4 is 27.8 Å². The summed E-state index contributed by atoms with van der Waals surface area (Å²) >= 11 is 0. The first-order valence-electron chi connectivity index (χ1n) is 7.18. The molecule has 0 bridgehead atoms. The van der Waals surface area contributed by atoms with E-state index in [1.807, 2.05) is 39.8 Å². The number of benzene rings is 1. The molecule has 0 saturated carbocycles. The molecule has 0 amide bonds. The lowest BCUT2D eigenvalue weighted by Crippen LogP contribution is -2.12. The van der Waals surface area contributed by atoms with Gasteiger partial charge in [-0.25, -0.2) is 0 Å². The summed E-state index contributed by atoms with van der Waals surface area (Å²) in [6.07, 6.45) is 0.839. The molecule has 2 rings (SSSR count). The minimum atomic E-state index is -6.00. The quantitative estimate of drug-likeness (QED) is 0.281. The molecule has 0 nitrogen and oxygen atoms in total. The van der Waals surface area contributed by atoms with Gasteiger partial charge in [0.05, 0.1) is 10.5 Å². The van der Waals surface area contributed by atoms with Crippen LogP contribution in [-0.4, -0.2) is 7.25 Å². The monoisotopic (exact) mass is 374 g/mol. The van der Waals surface area contributed by atoms with Gasteiger partial charge in [-0.15, -0.1) is 13.2 Å². The van der Waals surface area contributed by atoms with Crippen molar-refractivity contribution in [3.05, 3.63) is 34.7 Å². The van der Waals surface area contributed by atoms with Crippen LogP contribution in [0.4, 0.5) is 30.4 Å². The molecule has 1 aromatic carbocycles. The number of alkyl halides is 3. The van der Waals surface area contributed by atoms with E-state index in [0.29, 0.717) is 9.58 Å². The van der Waals surface area contributed by atoms with Crippen LogP contribution in [0.5, 0.6) is 0 Å². The second-order valence-corrected chi connectivity index (χ2v) is 8.19. The van der Waals surface area contributed by atoms with Crippen molar-refractivity contribution in [3.8, 4) is 0 Å². The van der Waals surface area contributed by atoms with Gasteiger partial charge in [0.2, 0.25) is 0 Å². The highest BCUT2D eigenvalue weighted by molar-refractivity contribution is 7.38. The van der Waals surface area contributed by atoms with E-state index in [-0.39, 0.29) is 0 Å². The lowest BCUT2D eigenvalue weighted by atomic mass is 9.94. The SMILES string of the molecule is CCc1ccc2c(c1)cc(C(C)(C)C)[s+]2C(F)(F)F.F[B-](F)(F)F. The molecule has 0 spiro atoms. The fraction of sp³-hybridized carbons (Fsp3) is 0.467. The van der Waals surface area contributed by atoms with E-state index in [1.165, 1.54) is 0 Å². The number of hydrogen-bond donors (Lipinski definition) is 0. The van der Waals surface area contributed by atoms with E-state index in [4.69, 9.17) is 0 Å². The summed E-state index contributed by atoms with van der Waals surface area (Å²) in [4.78, 5) is 0.489. The second kappa shape index (κ2) is 6.94. The zero-order chi connectivity index (χ0) is 18.9. The lowest BCUT2D eigenvalue weighted by molar-refractivity contribution is -0.0869. The zero-order valence-electron chi connectivity index (χ0n) is 13.6. The van der Waals surface area contributed by atoms with Gasteiger partial charge in [0, 0.05) is 16.9 Å². The normalized spacial score (nSPS) is 13.7. The van der Waals surface area contributed by atoms with E-state index < -0.39 is 28.6 Å². The Kier molecular flexibility index (Phi) is 6.01. The summed E-state index contributed by atoms with van der Waals surface area (Å²) in [6, 6.07) is 7.09. The van der Waals surface area contributed by atoms with Crippen LogP contribution in [0.15, 0.2) is 24.3 Å². The van der Waals surface area contributed by atoms with E-state index in [2.05, 4.69) is 0 Å². The summed E-state index contributed by atoms with van der Waals surface area (Å²) in [6.45, 7) is 7.54. The van der Waals surface area contributed by atoms with E-state index in [9.17, 15) is 30.4 Å². The van der Waals surface area contributed by atoms with Crippen LogP contribution < -0.4 is 0 Å². The average Bonchev–Trinajstić information content (AvgIpc) is 2.74. The molecule has 136 valence electrons. The molecule has 1 unspecified atom stereocenters. The third kappa shape index (κ3) is 5.68. The molecule has 0 aliphatic heterocycles. The molecule has 1 aromatic heterocycles. The maximum absolute atomic E-state index is 13.4. The van der Waals surface area contributed by atoms with Crippen LogP contribution >= 0.6 is 10.5 Å². The summed E-state index contributed by atoms with van der Waals surface area (Å²) in [5.41, 5.74) is -3.59. The van der Waals surface area contributed by atoms with Gasteiger partial charge in [0.25, 0.3) is 0 Å². The summed E-state index contributed by atoms with van der Waals surface area (Å²) in [5.74, 6) is 0. The Hall–Kier alpha value is -1.25. The summed E-state index contributed by atoms with van der Waals surface area (Å²) in [7, 11) is -7.78. The number of hydrogen-bond acceptors (Lipinski definition) is 0. The molecule has 9 heteroatoms. The topological polar surface area (TPSA) is 0 Å². The molecule has 0 aliphatic carbocycles. The van der Waals surface area contributed by atoms with Gasteiger partial charge in [0.15, 0.2) is 9.58 Å². The third-order valence-corrected chi connectivity index (χ3v) is 5.62. The number of aryl methyl sites for hydroxylation is 1. The molecular weight excluding hydrogens is 356 g/mol. The molecule has 24 heavy (non-hydrogen) atoms. The van der Waals surface area contributed by atoms with E-state index in [0.717, 1.165) is 17.4 Å². The van der Waals surface area contributed by atoms with Crippen LogP contribution in [0, 0.1) is 0 Å². The predicted molar refractivity (Wildman–Crippen MR) is 86.0 cm³/mol. The largest absolute Gasteiger partial charge is 0.673 e. The minimum Gasteiger partial charge on any atom is -0.418 e. The van der Waals surface area contributed by atoms with Gasteiger partial charge in [-0.05, 0) is 24.1 Å². The summed E-state index contributed by atoms with van der Waals surface area (Å²) < 4.78 is 79.5. The van der Waals surface area contributed by atoms with Crippen LogP contribution in [0.25, 0.3) is 10.1 Å². The Morgan fingerprint density at radius 1 is 0.958 bits per heavy atom. The molecule has 0 fully saturated rings. The van der Waals surface area contributed by atoms with E-state index >= 15 is 0 Å². The molecule has 1 heterocycles. The molecule has 1 atom stereocenters. The lowest BCUT2D eigenvalue weighted by Gasteiger charge is -2.13. The Morgan fingerprint density at radius 2 is 1.46 bits per heavy atom. The van der Waals surface area contributed by atoms with Crippen molar-refractivity contribution in [2.75, 3.05) is 0 Å². The maximum Gasteiger partial charge on any atom is 0.673 e. The predicted octanol–water partition coefficient (Wildman–Crippen LogP) is 7.23. The highest BCUT2D eigenvalue weighted by atomic mass is 32.2. The Balaban J connectivity index is 0.000000505. The van der Waals surface area contributed by atoms with Crippen molar-refractivity contribution in [2.24, 2.45) is 0 Å². The standard InChI is InChI=1S/C15H18F3S.BF4/c1-5-10-6-7-12-11(8-10)9-13(14(2,3)4)19(12)15(16,17)18;2-1(3,4)5/h6-9H,5H2,1-4H3;/q+1;-1. The van der Waals surface area contributed by atoms with Crippen molar-refractivity contribution in [1.29, 1.82) is 0 Å². The number of halogens is 7. The van der Waals surface area contributed by atoms with Gasteiger partial charge in [0.1, 0.15) is 0 Å². The summed E-state index contributed by atoms with van der Waals surface area (Å²) in [5, 5.41) is 0.741. The number of thiophene rings is 1. The maximum atomic E-state index is 13.4. The van der Waals surface area contributed by atoms with Crippen molar-refractivity contribution in [3.63, 3.8) is 0 Å². The van der Waals surface area contributed by atoms with Crippen molar-refractivity contribution in [1.82, 2.24) is 0 Å². The van der Waals surface area contributed by atoms with Crippen molar-refractivity contribution < 1.29 is 30.4 Å². The molecule has 0 saturated heterocycles. The van der Waals surface area contributed by atoms with Gasteiger partial charge < -0.3 is 17.3 Å². The first-order chi connectivity index (χ1) is 10.6. The highest BCUT2D eigenvalue weighted by Gasteiger charge is 2.50. The van der Waals surface area contributed by atoms with Gasteiger partial charge >= 0.3 is 12.8 Å². The Morgan fingerprint density at radius 3 is 1.83 bits per heavy atom. The van der Waals surface area contributed by atoms with Gasteiger partial charge in [-0.2, -0.15) is 0 Å². The first kappa shape index (κ1) is 20.8. The molecular formula is C15H18BF7S. The fourth-order valence-corrected chi connectivity index (χ4v) is 4.36. The smallest absolute Gasteiger partial charge is 0.418 e. The second-order valence-electron chi connectivity index (χ2n) is 6.23. The highest BCUT2D eigenvalue weighted by Crippen LogP contribution is 2.54. The van der Waals surface area contributed by atoms with Crippen LogP contribution in [-0.2, 0) is 17.3 Å². The fourth-order valence-electron chi connectivity index (χ4n) is 2.21. The Bertz CT molecular complexity index is 687. The average molecular weight is 374 g/mol. The van der Waals surface area contributed by atoms with Crippen LogP contribution in [0.1, 0.15) is 38.1 Å². The molecule has 2 aromatic rings. The first-order valence-corrected chi connectivity index (χ1v) is 8.40. The Labute approximate surface area is 138 Å². The van der Waals surface area contributed by atoms with Gasteiger partial charge in [-0.3, -0.25) is 0 Å². The molecule has 0 radical (unpaired) electrons. The van der Waals surface area contributed by atoms with Gasteiger partial charge in [-0.1, -0.05) is 33.8 Å². The van der Waals surface area contributed by atoms with Crippen LogP contribution in [0.3, 0.4) is 0 Å². The molecule has 0 N–H and O–H groups in total. The third-order valence-electron chi connectivity index (χ3n) is 3.18. The minimum absolute atomic E-state index is 0.426. The van der Waals surface area contributed by atoms with E-state index in [1.54, 1.807) is 12.1 Å². The number of rotatable bonds is 1. The van der Waals surface area contributed by atoms with Crippen LogP contribution in [0.2, 0.25) is 0 Å². The zero-order valence-corrected chi connectivity index (χ0v) is 14.5.